The Kier molecular flexibility index (Phi) is 30.3. The summed E-state index contributed by atoms with van der Waals surface area (Å²) in [4.78, 5) is 9.26. The average molecular weight is 281 g/mol. The van der Waals surface area contributed by atoms with Gasteiger partial charge in [-0.2, -0.15) is 0 Å². The van der Waals surface area contributed by atoms with Gasteiger partial charge in [-0.1, -0.05) is 71.6 Å². The summed E-state index contributed by atoms with van der Waals surface area (Å²) in [5.41, 5.74) is 5.42. The Balaban J connectivity index is -0.000000366. The van der Waals surface area contributed by atoms with Crippen molar-refractivity contribution in [3.8, 4) is 0 Å². The molecule has 0 bridgehead atoms. The van der Waals surface area contributed by atoms with Crippen LogP contribution in [0.2, 0.25) is 0 Å². The van der Waals surface area contributed by atoms with Crippen LogP contribution in [0.5, 0.6) is 0 Å². The van der Waals surface area contributed by atoms with E-state index < -0.39 is 5.97 Å². The molecule has 0 aromatic rings. The third-order valence-electron chi connectivity index (χ3n) is 2.85. The summed E-state index contributed by atoms with van der Waals surface area (Å²) in [6.07, 6.45) is 14.0. The summed E-state index contributed by atoms with van der Waals surface area (Å²) >= 11 is 0. The van der Waals surface area contributed by atoms with Crippen LogP contribution in [0.3, 0.4) is 0 Å². The van der Waals surface area contributed by atoms with Crippen LogP contribution in [0, 0.1) is 0 Å². The van der Waals surface area contributed by atoms with Gasteiger partial charge in [-0.05, 0) is 19.4 Å². The first-order chi connectivity index (χ1) is 8.68. The van der Waals surface area contributed by atoms with Crippen molar-refractivity contribution in [2.45, 2.75) is 84.5 Å². The smallest absolute Gasteiger partial charge is 0.550 e. The van der Waals surface area contributed by atoms with Gasteiger partial charge in [0.2, 0.25) is 0 Å². The molecular formula is C15H32NNaO2. The number of rotatable bonds is 11. The molecule has 0 unspecified atom stereocenters. The second-order valence-corrected chi connectivity index (χ2v) is 4.70. The van der Waals surface area contributed by atoms with Gasteiger partial charge in [-0.15, -0.1) is 0 Å². The van der Waals surface area contributed by atoms with Crippen LogP contribution in [0.15, 0.2) is 0 Å². The summed E-state index contributed by atoms with van der Waals surface area (Å²) in [5, 5.41) is 9.26. The maximum atomic E-state index is 9.26. The van der Waals surface area contributed by atoms with Crippen LogP contribution < -0.4 is 40.4 Å². The van der Waals surface area contributed by atoms with E-state index in [1.54, 1.807) is 0 Å². The normalized spacial score (nSPS) is 9.21. The van der Waals surface area contributed by atoms with Crippen molar-refractivity contribution in [2.24, 2.45) is 5.73 Å². The topological polar surface area (TPSA) is 66.1 Å². The van der Waals surface area contributed by atoms with E-state index in [2.05, 4.69) is 6.92 Å². The van der Waals surface area contributed by atoms with Gasteiger partial charge in [0, 0.05) is 5.97 Å². The van der Waals surface area contributed by atoms with E-state index in [4.69, 9.17) is 5.73 Å². The third kappa shape index (κ3) is 32.2. The van der Waals surface area contributed by atoms with Gasteiger partial charge in [-0.25, -0.2) is 0 Å². The zero-order chi connectivity index (χ0) is 14.1. The fourth-order valence-electron chi connectivity index (χ4n) is 1.63. The second-order valence-electron chi connectivity index (χ2n) is 4.70. The largest absolute Gasteiger partial charge is 1.00 e. The molecule has 0 aromatic heterocycles. The molecule has 0 radical (unpaired) electrons. The van der Waals surface area contributed by atoms with Gasteiger partial charge in [0.15, 0.2) is 0 Å². The molecule has 110 valence electrons. The van der Waals surface area contributed by atoms with Crippen molar-refractivity contribution in [3.63, 3.8) is 0 Å². The van der Waals surface area contributed by atoms with Crippen LogP contribution in [-0.4, -0.2) is 12.5 Å². The molecule has 0 fully saturated rings. The average Bonchev–Trinajstić information content (AvgIpc) is 2.37. The van der Waals surface area contributed by atoms with Crippen LogP contribution in [-0.2, 0) is 4.79 Å². The number of carboxylic acids is 1. The number of hydrogen-bond donors (Lipinski definition) is 1. The van der Waals surface area contributed by atoms with Crippen LogP contribution in [0.1, 0.15) is 84.5 Å². The Morgan fingerprint density at radius 1 is 0.842 bits per heavy atom. The van der Waals surface area contributed by atoms with Gasteiger partial charge < -0.3 is 15.6 Å². The zero-order valence-electron chi connectivity index (χ0n) is 13.4. The molecule has 0 heterocycles. The van der Waals surface area contributed by atoms with E-state index >= 15 is 0 Å². The Bertz CT molecular complexity index is 156. The molecule has 0 rings (SSSR count). The first-order valence-corrected chi connectivity index (χ1v) is 7.58. The molecule has 19 heavy (non-hydrogen) atoms. The van der Waals surface area contributed by atoms with Crippen molar-refractivity contribution >= 4 is 5.97 Å². The van der Waals surface area contributed by atoms with E-state index in [-0.39, 0.29) is 36.0 Å². The molecule has 0 aliphatic heterocycles. The number of nitrogens with two attached hydrogens (primary N) is 1. The number of unbranched alkanes of at least 4 members (excludes halogenated alkanes) is 9. The van der Waals surface area contributed by atoms with Gasteiger partial charge in [0.1, 0.15) is 0 Å². The Hall–Kier alpha value is 0.430. The fourth-order valence-corrected chi connectivity index (χ4v) is 1.63. The molecule has 0 amide bonds. The zero-order valence-corrected chi connectivity index (χ0v) is 15.4. The predicted molar refractivity (Wildman–Crippen MR) is 76.2 cm³/mol. The van der Waals surface area contributed by atoms with E-state index in [1.165, 1.54) is 71.1 Å². The summed E-state index contributed by atoms with van der Waals surface area (Å²) in [6, 6.07) is 0. The molecular weight excluding hydrogens is 249 g/mol. The monoisotopic (exact) mass is 281 g/mol. The maximum absolute atomic E-state index is 9.26. The van der Waals surface area contributed by atoms with Gasteiger partial charge >= 0.3 is 29.6 Å². The minimum absolute atomic E-state index is 0. The molecule has 0 aliphatic carbocycles. The summed E-state index contributed by atoms with van der Waals surface area (Å²) in [6.45, 7) is 4.68. The molecule has 4 heteroatoms. The molecule has 0 aliphatic rings. The fraction of sp³-hybridized carbons (Fsp3) is 0.933. The third-order valence-corrected chi connectivity index (χ3v) is 2.85. The van der Waals surface area contributed by atoms with Gasteiger partial charge in [-0.3, -0.25) is 0 Å². The van der Waals surface area contributed by atoms with Crippen molar-refractivity contribution in [1.82, 2.24) is 0 Å². The quantitative estimate of drug-likeness (QED) is 0.429. The van der Waals surface area contributed by atoms with E-state index in [1.807, 2.05) is 0 Å². The molecule has 0 saturated heterocycles. The SMILES string of the molecule is CCC(=O)[O-].CCCCCCCCCCCCN.[Na+]. The standard InChI is InChI=1S/C12H27N.C3H6O2.Na/c1-2-3-4-5-6-7-8-9-10-11-12-13;1-2-3(4)5;/h2-13H2,1H3;2H2,1H3,(H,4,5);/q;;+1/p-1. The van der Waals surface area contributed by atoms with Crippen molar-refractivity contribution in [1.29, 1.82) is 0 Å². The Labute approximate surface area is 142 Å². The van der Waals surface area contributed by atoms with E-state index in [0.29, 0.717) is 0 Å². The van der Waals surface area contributed by atoms with Crippen LogP contribution >= 0.6 is 0 Å². The van der Waals surface area contributed by atoms with E-state index in [9.17, 15) is 9.90 Å². The minimum atomic E-state index is -0.995. The molecule has 2 N–H and O–H groups in total. The molecule has 0 atom stereocenters. The van der Waals surface area contributed by atoms with Gasteiger partial charge in [0.05, 0.1) is 0 Å². The van der Waals surface area contributed by atoms with Crippen molar-refractivity contribution in [2.75, 3.05) is 6.54 Å². The number of hydrogen-bond acceptors (Lipinski definition) is 3. The van der Waals surface area contributed by atoms with Crippen LogP contribution in [0.25, 0.3) is 0 Å². The molecule has 0 saturated carbocycles. The Morgan fingerprint density at radius 2 is 1.16 bits per heavy atom. The summed E-state index contributed by atoms with van der Waals surface area (Å²) in [5.74, 6) is -0.995. The number of carbonyl (C=O) groups is 1. The summed E-state index contributed by atoms with van der Waals surface area (Å²) < 4.78 is 0. The molecule has 0 spiro atoms. The van der Waals surface area contributed by atoms with Crippen molar-refractivity contribution in [3.05, 3.63) is 0 Å². The van der Waals surface area contributed by atoms with Crippen LogP contribution in [0.4, 0.5) is 0 Å². The van der Waals surface area contributed by atoms with E-state index in [0.717, 1.165) is 6.54 Å². The predicted octanol–water partition coefficient (Wildman–Crippen LogP) is 0.0163. The maximum Gasteiger partial charge on any atom is 1.00 e. The number of aliphatic carboxylic acids is 1. The summed E-state index contributed by atoms with van der Waals surface area (Å²) in [7, 11) is 0. The second kappa shape index (κ2) is 23.5. The number of carbonyl (C=O) groups excluding carboxylic acids is 1. The first kappa shape index (κ1) is 24.4. The van der Waals surface area contributed by atoms with Gasteiger partial charge in [0.25, 0.3) is 0 Å². The minimum Gasteiger partial charge on any atom is -0.550 e. The molecule has 0 aromatic carbocycles. The Morgan fingerprint density at radius 3 is 1.42 bits per heavy atom. The first-order valence-electron chi connectivity index (χ1n) is 7.58. The van der Waals surface area contributed by atoms with Crippen molar-refractivity contribution < 1.29 is 39.5 Å². The molecule has 3 nitrogen and oxygen atoms in total. The number of carboxylic acid groups (broad SMARTS) is 1.